The first-order valence-corrected chi connectivity index (χ1v) is 24.3. The van der Waals surface area contributed by atoms with Crippen LogP contribution in [0.5, 0.6) is 0 Å². The van der Waals surface area contributed by atoms with Gasteiger partial charge in [-0.05, 0) is 110 Å². The number of rotatable bonds is 9. The molecule has 0 unspecified atom stereocenters. The molecule has 0 radical (unpaired) electrons. The third kappa shape index (κ3) is 8.13. The van der Waals surface area contributed by atoms with Crippen LogP contribution in [0.2, 0.25) is 0 Å². The molecular formula is C48H72O21. The molecule has 21 nitrogen and oxygen atoms in total. The van der Waals surface area contributed by atoms with Crippen LogP contribution < -0.4 is 0 Å². The zero-order chi connectivity index (χ0) is 50.9. The predicted octanol–water partition coefficient (Wildman–Crippen LogP) is -0.496. The number of carboxylic acids is 2. The number of esters is 1. The third-order valence-electron chi connectivity index (χ3n) is 19.3. The molecule has 69 heavy (non-hydrogen) atoms. The second kappa shape index (κ2) is 18.0. The number of carbonyl (C=O) groups excluding carboxylic acids is 2. The molecule has 8 aliphatic rings. The van der Waals surface area contributed by atoms with Gasteiger partial charge in [-0.2, -0.15) is 0 Å². The lowest BCUT2D eigenvalue weighted by Gasteiger charge is -2.70. The van der Waals surface area contributed by atoms with Gasteiger partial charge >= 0.3 is 17.9 Å². The van der Waals surface area contributed by atoms with Crippen molar-refractivity contribution in [1.29, 1.82) is 0 Å². The molecule has 3 aliphatic heterocycles. The number of hydrogen-bond donors (Lipinski definition) is 11. The van der Waals surface area contributed by atoms with Crippen molar-refractivity contribution >= 4 is 23.7 Å². The summed E-state index contributed by atoms with van der Waals surface area (Å²) in [5, 5.41) is 114. The summed E-state index contributed by atoms with van der Waals surface area (Å²) < 4.78 is 34.7. The van der Waals surface area contributed by atoms with Crippen molar-refractivity contribution in [3.8, 4) is 0 Å². The molecule has 5 aliphatic carbocycles. The molecule has 11 N–H and O–H groups in total. The van der Waals surface area contributed by atoms with E-state index in [0.29, 0.717) is 44.9 Å². The lowest BCUT2D eigenvalue weighted by Crippen LogP contribution is -2.68. The summed E-state index contributed by atoms with van der Waals surface area (Å²) in [4.78, 5) is 53.4. The van der Waals surface area contributed by atoms with Crippen molar-refractivity contribution in [2.75, 3.05) is 6.61 Å². The molecule has 390 valence electrons. The van der Waals surface area contributed by atoms with E-state index in [2.05, 4.69) is 27.7 Å². The Balaban J connectivity index is 1.04. The zero-order valence-corrected chi connectivity index (χ0v) is 40.1. The summed E-state index contributed by atoms with van der Waals surface area (Å²) in [6.45, 7) is 13.9. The van der Waals surface area contributed by atoms with Crippen molar-refractivity contribution in [3.05, 3.63) is 11.6 Å². The van der Waals surface area contributed by atoms with Gasteiger partial charge < -0.3 is 84.6 Å². The first-order valence-electron chi connectivity index (χ1n) is 24.3. The highest BCUT2D eigenvalue weighted by Gasteiger charge is 2.71. The van der Waals surface area contributed by atoms with E-state index >= 15 is 4.79 Å². The van der Waals surface area contributed by atoms with Crippen LogP contribution in [-0.2, 0) is 47.6 Å². The highest BCUT2D eigenvalue weighted by Crippen LogP contribution is 2.75. The normalized spacial score (nSPS) is 52.8. The lowest BCUT2D eigenvalue weighted by molar-refractivity contribution is -0.371. The zero-order valence-electron chi connectivity index (χ0n) is 40.1. The Bertz CT molecular complexity index is 2050. The van der Waals surface area contributed by atoms with Gasteiger partial charge in [-0.1, -0.05) is 47.1 Å². The first kappa shape index (κ1) is 52.6. The van der Waals surface area contributed by atoms with Crippen LogP contribution in [0.1, 0.15) is 106 Å². The van der Waals surface area contributed by atoms with E-state index in [1.54, 1.807) is 6.92 Å². The predicted molar refractivity (Wildman–Crippen MR) is 232 cm³/mol. The van der Waals surface area contributed by atoms with Crippen LogP contribution in [-0.4, -0.2) is 185 Å². The van der Waals surface area contributed by atoms with Gasteiger partial charge in [-0.25, -0.2) is 9.59 Å². The number of aliphatic hydroxyl groups excluding tert-OH is 9. The Hall–Kier alpha value is -2.74. The van der Waals surface area contributed by atoms with Crippen LogP contribution in [0.4, 0.5) is 0 Å². The molecule has 0 aromatic rings. The monoisotopic (exact) mass is 984 g/mol. The van der Waals surface area contributed by atoms with Crippen molar-refractivity contribution in [2.24, 2.45) is 50.2 Å². The molecule has 0 amide bonds. The number of ether oxygens (including phenoxy) is 6. The van der Waals surface area contributed by atoms with E-state index in [1.807, 2.05) is 19.9 Å². The highest BCUT2D eigenvalue weighted by atomic mass is 16.8. The number of carbonyl (C=O) groups is 4. The van der Waals surface area contributed by atoms with Gasteiger partial charge in [-0.3, -0.25) is 9.59 Å². The minimum atomic E-state index is -2.08. The van der Waals surface area contributed by atoms with Crippen LogP contribution in [0.15, 0.2) is 11.6 Å². The minimum absolute atomic E-state index is 0.0173. The molecule has 21 heteroatoms. The number of carboxylic acid groups (broad SMARTS) is 2. The van der Waals surface area contributed by atoms with Crippen LogP contribution in [0.25, 0.3) is 0 Å². The third-order valence-corrected chi connectivity index (χ3v) is 19.3. The molecule has 24 atom stereocenters. The summed E-state index contributed by atoms with van der Waals surface area (Å²) in [5.41, 5.74) is -2.69. The molecule has 0 spiro atoms. The van der Waals surface area contributed by atoms with Gasteiger partial charge in [0.05, 0.1) is 18.1 Å². The maximum Gasteiger partial charge on any atom is 0.335 e. The largest absolute Gasteiger partial charge is 0.479 e. The van der Waals surface area contributed by atoms with Crippen LogP contribution in [0, 0.1) is 50.2 Å². The van der Waals surface area contributed by atoms with Gasteiger partial charge in [0.1, 0.15) is 61.0 Å². The number of allylic oxidation sites excluding steroid dienone is 2. The summed E-state index contributed by atoms with van der Waals surface area (Å²) in [6.07, 6.45) is -21.6. The van der Waals surface area contributed by atoms with Crippen LogP contribution in [0.3, 0.4) is 0 Å². The second-order valence-electron chi connectivity index (χ2n) is 23.4. The Labute approximate surface area is 399 Å². The average Bonchev–Trinajstić information content (AvgIpc) is 3.27. The fraction of sp³-hybridized carbons (Fsp3) is 0.875. The highest BCUT2D eigenvalue weighted by molar-refractivity contribution is 5.95. The van der Waals surface area contributed by atoms with E-state index < -0.39 is 156 Å². The van der Waals surface area contributed by atoms with Gasteiger partial charge in [0, 0.05) is 5.92 Å². The summed E-state index contributed by atoms with van der Waals surface area (Å²) in [5.74, 6) is -4.80. The molecule has 3 heterocycles. The van der Waals surface area contributed by atoms with E-state index in [0.717, 1.165) is 18.4 Å². The Morgan fingerprint density at radius 1 is 0.652 bits per heavy atom. The number of aliphatic carboxylic acids is 2. The average molecular weight is 985 g/mol. The first-order chi connectivity index (χ1) is 32.0. The van der Waals surface area contributed by atoms with E-state index in [9.17, 15) is 70.6 Å². The molecule has 3 saturated heterocycles. The van der Waals surface area contributed by atoms with Crippen molar-refractivity contribution < 1.29 is 104 Å². The van der Waals surface area contributed by atoms with E-state index in [1.165, 1.54) is 0 Å². The van der Waals surface area contributed by atoms with E-state index in [-0.39, 0.29) is 23.0 Å². The molecule has 7 fully saturated rings. The maximum absolute atomic E-state index is 15.2. The Morgan fingerprint density at radius 3 is 1.86 bits per heavy atom. The quantitative estimate of drug-likeness (QED) is 0.102. The van der Waals surface area contributed by atoms with Gasteiger partial charge in [0.25, 0.3) is 0 Å². The number of ketones is 1. The molecule has 0 aromatic carbocycles. The van der Waals surface area contributed by atoms with Crippen LogP contribution >= 0.6 is 0 Å². The summed E-state index contributed by atoms with van der Waals surface area (Å²) >= 11 is 0. The van der Waals surface area contributed by atoms with Gasteiger partial charge in [0.15, 0.2) is 30.6 Å². The standard InChI is InChI=1S/C48H72O21/c1-43(2)23-8-11-48(7)36(21(50)16-19-20-17-45(4,13-12-44(20,3)14-15-47(19,48)6)42(63)69-39-31(57)26(52)25(51)22(18-49)64-39)46(23,5)10-9-24(43)65-41-35(30(56)29(55)34(67-41)38(61)62)68-40-32(58)27(53)28(54)33(66-40)37(59)60/h16,20,22-36,39-41,49,51-58H,8-15,17-18H2,1-7H3,(H,59,60)(H,61,62)/t20-,22+,23-,24-,25+,26-,27-,28-,29-,30-,31-,32+,33-,34-,35+,36+,39-,40-,41+,44+,45-,46-,47+,48+/m0/s1. The fourth-order valence-corrected chi connectivity index (χ4v) is 14.8. The summed E-state index contributed by atoms with van der Waals surface area (Å²) in [6, 6.07) is 0. The Kier molecular flexibility index (Phi) is 13.7. The van der Waals surface area contributed by atoms with Gasteiger partial charge in [0.2, 0.25) is 6.29 Å². The SMILES string of the molecule is CC1(C)[C@@H](O[C@@H]2O[C@H](C(=O)O)[C@@H](O)[C@H](O)[C@H]2O[C@@H]2O[C@H](C(=O)O)[C@@H](O)[C@H](O)[C@H]2O)CC[C@]2(C)[C@H]3C(=O)C=C4[C@@H]5C[C@@](C)(C(=O)O[C@@H]6O[C@H](CO)[C@@H](O)[C@H](O)[C@@H]6O)CC[C@]5(C)CC[C@@]4(C)[C@]3(C)CC[C@@H]12. The number of hydrogen-bond acceptors (Lipinski definition) is 19. The number of aliphatic hydroxyl groups is 9. The lowest BCUT2D eigenvalue weighted by atomic mass is 9.33. The fourth-order valence-electron chi connectivity index (χ4n) is 14.8. The molecule has 0 bridgehead atoms. The summed E-state index contributed by atoms with van der Waals surface area (Å²) in [7, 11) is 0. The topological polar surface area (TPSA) is 346 Å². The molecular weight excluding hydrogens is 913 g/mol. The minimum Gasteiger partial charge on any atom is -0.479 e. The second-order valence-corrected chi connectivity index (χ2v) is 23.4. The van der Waals surface area contributed by atoms with Crippen molar-refractivity contribution in [3.63, 3.8) is 0 Å². The Morgan fingerprint density at radius 2 is 1.23 bits per heavy atom. The van der Waals surface area contributed by atoms with Gasteiger partial charge in [-0.15, -0.1) is 0 Å². The molecule has 4 saturated carbocycles. The van der Waals surface area contributed by atoms with E-state index in [4.69, 9.17) is 28.4 Å². The smallest absolute Gasteiger partial charge is 0.335 e. The molecule has 8 rings (SSSR count). The molecule has 0 aromatic heterocycles. The van der Waals surface area contributed by atoms with Crippen molar-refractivity contribution in [1.82, 2.24) is 0 Å². The van der Waals surface area contributed by atoms with Crippen molar-refractivity contribution in [2.45, 2.75) is 204 Å². The number of fused-ring (bicyclic) bond motifs is 7. The maximum atomic E-state index is 15.2.